The van der Waals surface area contributed by atoms with Crippen LogP contribution in [0, 0.1) is 0 Å². The summed E-state index contributed by atoms with van der Waals surface area (Å²) in [6, 6.07) is 21.2. The van der Waals surface area contributed by atoms with E-state index in [0.29, 0.717) is 24.9 Å². The van der Waals surface area contributed by atoms with Crippen molar-refractivity contribution in [3.63, 3.8) is 0 Å². The number of piperidine rings is 1. The van der Waals surface area contributed by atoms with Crippen LogP contribution in [0.2, 0.25) is 0 Å². The summed E-state index contributed by atoms with van der Waals surface area (Å²) >= 11 is 1.62. The number of benzene rings is 2. The molecule has 0 N–H and O–H groups in total. The molecule has 44 heavy (non-hydrogen) atoms. The number of likely N-dealkylation sites (tertiary alicyclic amines) is 2. The third-order valence-corrected chi connectivity index (χ3v) is 9.91. The van der Waals surface area contributed by atoms with Gasteiger partial charge in [0.1, 0.15) is 21.5 Å². The Hall–Kier alpha value is -3.66. The standard InChI is InChI=1S/C35H42N6O2S/c1-24(2)34-37-38-35(44-34)25-12-14-30(15-13-25)43-32-21-26(10-11-27(32)22-41-18-6-9-33(41)42)31-8-5-7-28(36-31)23-40-19-16-29(17-20-40)39(3)4/h5,7-8,10-15,21,24,29H,6,9,16-20,22-23H2,1-4H3. The lowest BCUT2D eigenvalue weighted by Crippen LogP contribution is -2.41. The second-order valence-electron chi connectivity index (χ2n) is 12.5. The van der Waals surface area contributed by atoms with E-state index in [2.05, 4.69) is 84.3 Å². The van der Waals surface area contributed by atoms with Gasteiger partial charge >= 0.3 is 0 Å². The van der Waals surface area contributed by atoms with Gasteiger partial charge in [0.05, 0.1) is 11.4 Å². The molecule has 230 valence electrons. The Balaban J connectivity index is 1.22. The van der Waals surface area contributed by atoms with E-state index in [4.69, 9.17) is 9.72 Å². The van der Waals surface area contributed by atoms with Gasteiger partial charge in [0.15, 0.2) is 0 Å². The van der Waals surface area contributed by atoms with Gasteiger partial charge in [-0.05, 0) is 75.8 Å². The fourth-order valence-corrected chi connectivity index (χ4v) is 6.80. The molecule has 0 bridgehead atoms. The zero-order valence-corrected chi connectivity index (χ0v) is 27.0. The highest BCUT2D eigenvalue weighted by molar-refractivity contribution is 7.14. The Morgan fingerprint density at radius 1 is 0.955 bits per heavy atom. The molecular weight excluding hydrogens is 568 g/mol. The van der Waals surface area contributed by atoms with Crippen LogP contribution in [0.3, 0.4) is 0 Å². The maximum Gasteiger partial charge on any atom is 0.222 e. The van der Waals surface area contributed by atoms with Crippen LogP contribution in [0.15, 0.2) is 60.7 Å². The maximum atomic E-state index is 12.5. The quantitative estimate of drug-likeness (QED) is 0.195. The van der Waals surface area contributed by atoms with Gasteiger partial charge in [0.25, 0.3) is 0 Å². The third kappa shape index (κ3) is 7.17. The molecule has 2 fully saturated rings. The van der Waals surface area contributed by atoms with Gasteiger partial charge in [-0.25, -0.2) is 0 Å². The Kier molecular flexibility index (Phi) is 9.35. The van der Waals surface area contributed by atoms with Crippen molar-refractivity contribution < 1.29 is 9.53 Å². The molecule has 2 saturated heterocycles. The van der Waals surface area contributed by atoms with Gasteiger partial charge in [0.2, 0.25) is 5.91 Å². The van der Waals surface area contributed by atoms with Crippen molar-refractivity contribution >= 4 is 17.2 Å². The van der Waals surface area contributed by atoms with Crippen LogP contribution >= 0.6 is 11.3 Å². The smallest absolute Gasteiger partial charge is 0.222 e. The number of carbonyl (C=O) groups is 1. The van der Waals surface area contributed by atoms with Gasteiger partial charge < -0.3 is 14.5 Å². The summed E-state index contributed by atoms with van der Waals surface area (Å²) in [5.74, 6) is 2.03. The number of aromatic nitrogens is 3. The maximum absolute atomic E-state index is 12.5. The summed E-state index contributed by atoms with van der Waals surface area (Å²) in [7, 11) is 4.35. The van der Waals surface area contributed by atoms with Crippen LogP contribution in [0.1, 0.15) is 61.7 Å². The van der Waals surface area contributed by atoms with Gasteiger partial charge in [0, 0.05) is 67.8 Å². The van der Waals surface area contributed by atoms with Crippen LogP contribution in [0.25, 0.3) is 21.8 Å². The fraction of sp³-hybridized carbons (Fsp3) is 0.429. The zero-order chi connectivity index (χ0) is 30.6. The summed E-state index contributed by atoms with van der Waals surface area (Å²) in [4.78, 5) is 24.3. The van der Waals surface area contributed by atoms with E-state index < -0.39 is 0 Å². The van der Waals surface area contributed by atoms with E-state index in [1.807, 2.05) is 29.2 Å². The summed E-state index contributed by atoms with van der Waals surface area (Å²) < 4.78 is 6.52. The molecule has 6 rings (SSSR count). The average molecular weight is 611 g/mol. The first-order chi connectivity index (χ1) is 21.3. The number of hydrogen-bond donors (Lipinski definition) is 0. The molecule has 2 aliphatic heterocycles. The van der Waals surface area contributed by atoms with Crippen LogP contribution in [-0.2, 0) is 17.9 Å². The molecule has 0 atom stereocenters. The highest BCUT2D eigenvalue weighted by Crippen LogP contribution is 2.34. The van der Waals surface area contributed by atoms with E-state index in [-0.39, 0.29) is 5.91 Å². The van der Waals surface area contributed by atoms with E-state index in [9.17, 15) is 4.79 Å². The zero-order valence-electron chi connectivity index (χ0n) is 26.2. The minimum absolute atomic E-state index is 0.200. The molecule has 0 aliphatic carbocycles. The number of nitrogens with zero attached hydrogens (tertiary/aromatic N) is 6. The van der Waals surface area contributed by atoms with Crippen molar-refractivity contribution in [2.45, 2.75) is 64.6 Å². The highest BCUT2D eigenvalue weighted by atomic mass is 32.1. The second kappa shape index (κ2) is 13.5. The molecule has 2 aromatic heterocycles. The number of pyridine rings is 1. The number of amides is 1. The molecule has 4 aromatic rings. The minimum atomic E-state index is 0.200. The summed E-state index contributed by atoms with van der Waals surface area (Å²) in [6.07, 6.45) is 3.90. The topological polar surface area (TPSA) is 74.7 Å². The molecule has 4 heterocycles. The first-order valence-electron chi connectivity index (χ1n) is 15.7. The fourth-order valence-electron chi connectivity index (χ4n) is 5.94. The van der Waals surface area contributed by atoms with E-state index in [1.165, 1.54) is 12.8 Å². The average Bonchev–Trinajstić information content (AvgIpc) is 3.68. The molecule has 0 unspecified atom stereocenters. The van der Waals surface area contributed by atoms with Crippen molar-refractivity contribution in [1.82, 2.24) is 29.9 Å². The molecular formula is C35H42N6O2S. The van der Waals surface area contributed by atoms with E-state index in [0.717, 1.165) is 82.2 Å². The highest BCUT2D eigenvalue weighted by Gasteiger charge is 2.23. The first-order valence-corrected chi connectivity index (χ1v) is 16.5. The molecule has 0 spiro atoms. The van der Waals surface area contributed by atoms with Crippen molar-refractivity contribution in [1.29, 1.82) is 0 Å². The number of carbonyl (C=O) groups excluding carboxylic acids is 1. The normalized spacial score (nSPS) is 16.4. The summed E-state index contributed by atoms with van der Waals surface area (Å²) in [5, 5.41) is 10.6. The van der Waals surface area contributed by atoms with Crippen molar-refractivity contribution in [2.75, 3.05) is 33.7 Å². The minimum Gasteiger partial charge on any atom is -0.457 e. The van der Waals surface area contributed by atoms with Gasteiger partial charge in [-0.3, -0.25) is 14.7 Å². The SMILES string of the molecule is CC(C)c1nnc(-c2ccc(Oc3cc(-c4cccc(CN5CCC(N(C)C)CC5)n4)ccc3CN3CCCC3=O)cc2)s1. The number of hydrogen-bond acceptors (Lipinski definition) is 8. The molecule has 0 saturated carbocycles. The molecule has 8 nitrogen and oxygen atoms in total. The van der Waals surface area contributed by atoms with Gasteiger partial charge in [-0.1, -0.05) is 43.4 Å². The lowest BCUT2D eigenvalue weighted by atomic mass is 10.0. The summed E-state index contributed by atoms with van der Waals surface area (Å²) in [6.45, 7) is 8.61. The number of ether oxygens (including phenoxy) is 1. The Morgan fingerprint density at radius 3 is 2.41 bits per heavy atom. The third-order valence-electron chi connectivity index (χ3n) is 8.64. The van der Waals surface area contributed by atoms with E-state index in [1.54, 1.807) is 11.3 Å². The predicted octanol–water partition coefficient (Wildman–Crippen LogP) is 6.83. The van der Waals surface area contributed by atoms with Crippen molar-refractivity contribution in [3.05, 3.63) is 76.9 Å². The van der Waals surface area contributed by atoms with Crippen LogP contribution in [0.5, 0.6) is 11.5 Å². The summed E-state index contributed by atoms with van der Waals surface area (Å²) in [5.41, 5.74) is 5.00. The molecule has 2 aromatic carbocycles. The van der Waals surface area contributed by atoms with Crippen molar-refractivity contribution in [3.8, 4) is 33.3 Å². The monoisotopic (exact) mass is 610 g/mol. The Labute approximate surface area is 264 Å². The van der Waals surface area contributed by atoms with E-state index >= 15 is 0 Å². The second-order valence-corrected chi connectivity index (χ2v) is 13.5. The lowest BCUT2D eigenvalue weighted by molar-refractivity contribution is -0.128. The predicted molar refractivity (Wildman–Crippen MR) is 176 cm³/mol. The van der Waals surface area contributed by atoms with Crippen LogP contribution < -0.4 is 4.74 Å². The largest absolute Gasteiger partial charge is 0.457 e. The molecule has 1 amide bonds. The number of rotatable bonds is 10. The van der Waals surface area contributed by atoms with Crippen LogP contribution in [0.4, 0.5) is 0 Å². The van der Waals surface area contributed by atoms with Gasteiger partial charge in [-0.2, -0.15) is 0 Å². The van der Waals surface area contributed by atoms with Gasteiger partial charge in [-0.15, -0.1) is 10.2 Å². The Morgan fingerprint density at radius 2 is 1.73 bits per heavy atom. The molecule has 9 heteroatoms. The first kappa shape index (κ1) is 30.4. The van der Waals surface area contributed by atoms with Crippen molar-refractivity contribution in [2.24, 2.45) is 0 Å². The Bertz CT molecular complexity index is 1580. The molecule has 0 radical (unpaired) electrons. The van der Waals surface area contributed by atoms with Crippen LogP contribution in [-0.4, -0.2) is 75.6 Å². The lowest BCUT2D eigenvalue weighted by Gasteiger charge is -2.35. The molecule has 2 aliphatic rings.